The minimum Gasteiger partial charge on any atom is -0.478 e. The molecule has 0 spiro atoms. The number of hydrogen-bond acceptors (Lipinski definition) is 4. The van der Waals surface area contributed by atoms with Crippen LogP contribution in [0.2, 0.25) is 0 Å². The largest absolute Gasteiger partial charge is 0.478 e. The number of carboxylic acid groups (broad SMARTS) is 1. The molecule has 0 amide bonds. The number of carbonyl (C=O) groups is 3. The fourth-order valence-electron chi connectivity index (χ4n) is 2.04. The van der Waals surface area contributed by atoms with Crippen LogP contribution in [0, 0.1) is 0 Å². The monoisotopic (exact) mass is 286 g/mol. The summed E-state index contributed by atoms with van der Waals surface area (Å²) in [5, 5.41) is 8.94. The summed E-state index contributed by atoms with van der Waals surface area (Å²) in [4.78, 5) is 34.7. The van der Waals surface area contributed by atoms with Crippen molar-refractivity contribution in [3.63, 3.8) is 0 Å². The van der Waals surface area contributed by atoms with E-state index in [1.165, 1.54) is 31.4 Å². The summed E-state index contributed by atoms with van der Waals surface area (Å²) >= 11 is 0. The van der Waals surface area contributed by atoms with Crippen LogP contribution in [0.3, 0.4) is 0 Å². The van der Waals surface area contributed by atoms with Crippen LogP contribution in [0.5, 0.6) is 0 Å². The molecule has 0 aliphatic rings. The molecular formula is C16H14O5. The van der Waals surface area contributed by atoms with Gasteiger partial charge in [0.25, 0.3) is 0 Å². The van der Waals surface area contributed by atoms with Gasteiger partial charge in [-0.15, -0.1) is 0 Å². The quantitative estimate of drug-likeness (QED) is 0.825. The zero-order valence-electron chi connectivity index (χ0n) is 11.5. The highest BCUT2D eigenvalue weighted by Gasteiger charge is 2.17. The van der Waals surface area contributed by atoms with Crippen molar-refractivity contribution in [3.05, 3.63) is 59.0 Å². The van der Waals surface area contributed by atoms with Crippen LogP contribution in [0.4, 0.5) is 0 Å². The number of hydrogen-bond donors (Lipinski definition) is 1. The van der Waals surface area contributed by atoms with Gasteiger partial charge in [0.05, 0.1) is 11.8 Å². The Balaban J connectivity index is 2.23. The topological polar surface area (TPSA) is 84.6 Å². The van der Waals surface area contributed by atoms with Gasteiger partial charge in [-0.05, 0) is 37.3 Å². The smallest absolute Gasteiger partial charge is 0.335 e. The third-order valence-electron chi connectivity index (χ3n) is 3.12. The Morgan fingerprint density at radius 1 is 1.14 bits per heavy atom. The lowest BCUT2D eigenvalue weighted by molar-refractivity contribution is 0.0696. The summed E-state index contributed by atoms with van der Waals surface area (Å²) in [5.41, 5.74) is 0.376. The molecule has 1 heterocycles. The van der Waals surface area contributed by atoms with E-state index in [0.717, 1.165) is 0 Å². The van der Waals surface area contributed by atoms with Gasteiger partial charge in [-0.2, -0.15) is 0 Å². The van der Waals surface area contributed by atoms with Gasteiger partial charge < -0.3 is 9.52 Å². The highest BCUT2D eigenvalue weighted by molar-refractivity contribution is 6.09. The van der Waals surface area contributed by atoms with Crippen molar-refractivity contribution < 1.29 is 23.9 Å². The minimum atomic E-state index is -1.13. The van der Waals surface area contributed by atoms with E-state index in [1.54, 1.807) is 12.1 Å². The van der Waals surface area contributed by atoms with E-state index in [-0.39, 0.29) is 34.7 Å². The first-order valence-electron chi connectivity index (χ1n) is 6.43. The molecule has 0 saturated carbocycles. The molecule has 108 valence electrons. The second-order valence-corrected chi connectivity index (χ2v) is 4.62. The summed E-state index contributed by atoms with van der Waals surface area (Å²) < 4.78 is 5.15. The van der Waals surface area contributed by atoms with Gasteiger partial charge in [0, 0.05) is 24.0 Å². The van der Waals surface area contributed by atoms with Crippen molar-refractivity contribution >= 4 is 17.5 Å². The molecule has 2 aromatic rings. The number of ketones is 2. The van der Waals surface area contributed by atoms with Crippen LogP contribution >= 0.6 is 0 Å². The first-order valence-corrected chi connectivity index (χ1v) is 6.43. The van der Waals surface area contributed by atoms with Crippen LogP contribution in [-0.4, -0.2) is 22.6 Å². The molecule has 2 rings (SSSR count). The maximum absolute atomic E-state index is 12.2. The van der Waals surface area contributed by atoms with E-state index >= 15 is 0 Å². The Hall–Kier alpha value is -2.69. The Morgan fingerprint density at radius 3 is 2.48 bits per heavy atom. The maximum Gasteiger partial charge on any atom is 0.335 e. The Bertz CT molecular complexity index is 683. The van der Waals surface area contributed by atoms with Gasteiger partial charge in [0.1, 0.15) is 5.76 Å². The van der Waals surface area contributed by atoms with Crippen molar-refractivity contribution in [2.75, 3.05) is 0 Å². The number of aromatic carboxylic acids is 1. The number of Topliss-reactive ketones (excluding diaryl/α,β-unsaturated/α-hetero) is 2. The summed E-state index contributed by atoms with van der Waals surface area (Å²) in [6.07, 6.45) is 2.16. The molecule has 0 atom stereocenters. The molecule has 0 saturated heterocycles. The molecule has 1 aromatic carbocycles. The summed E-state index contributed by atoms with van der Waals surface area (Å²) in [6, 6.07) is 7.47. The maximum atomic E-state index is 12.2. The molecule has 21 heavy (non-hydrogen) atoms. The highest BCUT2D eigenvalue weighted by atomic mass is 16.4. The van der Waals surface area contributed by atoms with Crippen molar-refractivity contribution in [2.45, 2.75) is 19.8 Å². The molecule has 5 nitrogen and oxygen atoms in total. The van der Waals surface area contributed by atoms with E-state index in [4.69, 9.17) is 9.52 Å². The molecule has 0 fully saturated rings. The number of furan rings is 1. The lowest BCUT2D eigenvalue weighted by Crippen LogP contribution is -2.10. The number of benzene rings is 1. The summed E-state index contributed by atoms with van der Waals surface area (Å²) in [7, 11) is 0. The SMILES string of the molecule is CC(=O)c1cc(C(=O)O)ccc1C(=O)CCc1ccco1. The van der Waals surface area contributed by atoms with E-state index in [1.807, 2.05) is 0 Å². The zero-order chi connectivity index (χ0) is 15.4. The molecule has 1 aromatic heterocycles. The number of carbonyl (C=O) groups excluding carboxylic acids is 2. The predicted molar refractivity (Wildman–Crippen MR) is 74.8 cm³/mol. The fourth-order valence-corrected chi connectivity index (χ4v) is 2.04. The Morgan fingerprint density at radius 2 is 1.90 bits per heavy atom. The Labute approximate surface area is 121 Å². The number of carboxylic acids is 1. The molecule has 0 radical (unpaired) electrons. The second-order valence-electron chi connectivity index (χ2n) is 4.62. The van der Waals surface area contributed by atoms with Crippen LogP contribution in [-0.2, 0) is 6.42 Å². The van der Waals surface area contributed by atoms with E-state index in [9.17, 15) is 14.4 Å². The molecule has 0 unspecified atom stereocenters. The van der Waals surface area contributed by atoms with E-state index < -0.39 is 5.97 Å². The van der Waals surface area contributed by atoms with Gasteiger partial charge in [-0.1, -0.05) is 0 Å². The Kier molecular flexibility index (Phi) is 4.33. The van der Waals surface area contributed by atoms with E-state index in [0.29, 0.717) is 12.2 Å². The molecule has 5 heteroatoms. The second kappa shape index (κ2) is 6.17. The summed E-state index contributed by atoms with van der Waals surface area (Å²) in [6.45, 7) is 1.31. The van der Waals surface area contributed by atoms with Crippen molar-refractivity contribution in [3.8, 4) is 0 Å². The average molecular weight is 286 g/mol. The summed E-state index contributed by atoms with van der Waals surface area (Å²) in [5.74, 6) is -0.991. The zero-order valence-corrected chi connectivity index (χ0v) is 11.5. The van der Waals surface area contributed by atoms with Gasteiger partial charge in [-0.25, -0.2) is 4.79 Å². The third-order valence-corrected chi connectivity index (χ3v) is 3.12. The minimum absolute atomic E-state index is 0.0113. The van der Waals surface area contributed by atoms with Crippen molar-refractivity contribution in [1.29, 1.82) is 0 Å². The normalized spacial score (nSPS) is 10.3. The van der Waals surface area contributed by atoms with Gasteiger partial charge in [0.2, 0.25) is 0 Å². The van der Waals surface area contributed by atoms with Gasteiger partial charge in [0.15, 0.2) is 11.6 Å². The number of rotatable bonds is 6. The fraction of sp³-hybridized carbons (Fsp3) is 0.188. The van der Waals surface area contributed by atoms with Crippen LogP contribution < -0.4 is 0 Å². The van der Waals surface area contributed by atoms with Crippen molar-refractivity contribution in [1.82, 2.24) is 0 Å². The van der Waals surface area contributed by atoms with E-state index in [2.05, 4.69) is 0 Å². The molecule has 0 aliphatic carbocycles. The van der Waals surface area contributed by atoms with Crippen LogP contribution in [0.15, 0.2) is 41.0 Å². The van der Waals surface area contributed by atoms with Crippen LogP contribution in [0.25, 0.3) is 0 Å². The third kappa shape index (κ3) is 3.45. The standard InChI is InChI=1S/C16H14O5/c1-10(17)14-9-11(16(19)20)4-6-13(14)15(18)7-5-12-3-2-8-21-12/h2-4,6,8-9H,5,7H2,1H3,(H,19,20). The lowest BCUT2D eigenvalue weighted by atomic mass is 9.96. The van der Waals surface area contributed by atoms with Crippen LogP contribution in [0.1, 0.15) is 50.2 Å². The first-order chi connectivity index (χ1) is 9.99. The van der Waals surface area contributed by atoms with Crippen molar-refractivity contribution in [2.24, 2.45) is 0 Å². The lowest BCUT2D eigenvalue weighted by Gasteiger charge is -2.07. The molecular weight excluding hydrogens is 272 g/mol. The molecule has 0 aliphatic heterocycles. The molecule has 1 N–H and O–H groups in total. The highest BCUT2D eigenvalue weighted by Crippen LogP contribution is 2.17. The number of aryl methyl sites for hydroxylation is 1. The molecule has 0 bridgehead atoms. The first kappa shape index (κ1) is 14.7. The van der Waals surface area contributed by atoms with Gasteiger partial charge in [-0.3, -0.25) is 9.59 Å². The van der Waals surface area contributed by atoms with Gasteiger partial charge >= 0.3 is 5.97 Å². The predicted octanol–water partition coefficient (Wildman–Crippen LogP) is 3.00. The average Bonchev–Trinajstić information content (AvgIpc) is 2.97.